The van der Waals surface area contributed by atoms with Crippen molar-refractivity contribution in [2.75, 3.05) is 0 Å². The summed E-state index contributed by atoms with van der Waals surface area (Å²) >= 11 is 0. The number of nitrogens with zero attached hydrogens (tertiary/aromatic N) is 2. The molecule has 0 aliphatic carbocycles. The largest absolute Gasteiger partial charge is 0.276 e. The molecule has 0 spiro atoms. The number of pyridine rings is 1. The highest BCUT2D eigenvalue weighted by molar-refractivity contribution is 7.89. The van der Waals surface area contributed by atoms with Crippen LogP contribution in [0.2, 0.25) is 0 Å². The van der Waals surface area contributed by atoms with Crippen LogP contribution in [-0.4, -0.2) is 19.1 Å². The lowest BCUT2D eigenvalue weighted by Crippen LogP contribution is -2.21. The van der Waals surface area contributed by atoms with E-state index in [-0.39, 0.29) is 4.90 Å². The number of sulfonamides is 1. The molecule has 3 aromatic rings. The van der Waals surface area contributed by atoms with E-state index in [4.69, 9.17) is 0 Å². The van der Waals surface area contributed by atoms with Crippen LogP contribution in [0.25, 0.3) is 0 Å². The quantitative estimate of drug-likeness (QED) is 0.575. The molecular formula is C18H15N3O2S. The smallest absolute Gasteiger partial charge is 0.265 e. The lowest BCUT2D eigenvalue weighted by Gasteiger charge is -2.09. The Morgan fingerprint density at radius 1 is 0.792 bits per heavy atom. The minimum Gasteiger partial charge on any atom is -0.265 e. The zero-order chi connectivity index (χ0) is 16.8. The number of rotatable bonds is 5. The summed E-state index contributed by atoms with van der Waals surface area (Å²) in [7, 11) is -3.72. The lowest BCUT2D eigenvalue weighted by atomic mass is 10.0. The molecule has 3 rings (SSSR count). The molecule has 0 fully saturated rings. The molecule has 6 heteroatoms. The molecule has 5 nitrogen and oxygen atoms in total. The van der Waals surface area contributed by atoms with Gasteiger partial charge in [-0.25, -0.2) is 0 Å². The molecular weight excluding hydrogens is 322 g/mol. The normalized spacial score (nSPS) is 11.9. The minimum atomic E-state index is -3.72. The van der Waals surface area contributed by atoms with Gasteiger partial charge in [-0.15, -0.1) is 0 Å². The topological polar surface area (TPSA) is 71.4 Å². The molecule has 1 N–H and O–H groups in total. The van der Waals surface area contributed by atoms with Crippen LogP contribution in [0.4, 0.5) is 0 Å². The van der Waals surface area contributed by atoms with Crippen molar-refractivity contribution in [1.82, 2.24) is 9.82 Å². The van der Waals surface area contributed by atoms with Gasteiger partial charge in [0, 0.05) is 23.5 Å². The van der Waals surface area contributed by atoms with Crippen molar-refractivity contribution < 1.29 is 8.42 Å². The molecule has 0 bridgehead atoms. The van der Waals surface area contributed by atoms with E-state index < -0.39 is 10.0 Å². The Morgan fingerprint density at radius 3 is 1.96 bits per heavy atom. The molecule has 2 aromatic carbocycles. The van der Waals surface area contributed by atoms with Crippen molar-refractivity contribution in [1.29, 1.82) is 0 Å². The van der Waals surface area contributed by atoms with E-state index in [1.54, 1.807) is 42.7 Å². The standard InChI is InChI=1S/C18H15N3O2S/c22-24(23,17-9-5-2-6-10-17)21-20-18(15-7-3-1-4-8-15)16-11-13-19-14-12-16/h1-14,21H/b20-18+. The number of hydrogen-bond donors (Lipinski definition) is 1. The van der Waals surface area contributed by atoms with Crippen LogP contribution in [-0.2, 0) is 10.0 Å². The summed E-state index contributed by atoms with van der Waals surface area (Å²) in [6.45, 7) is 0. The van der Waals surface area contributed by atoms with Gasteiger partial charge in [-0.1, -0.05) is 48.5 Å². The lowest BCUT2D eigenvalue weighted by molar-refractivity contribution is 0.584. The molecule has 0 aliphatic heterocycles. The summed E-state index contributed by atoms with van der Waals surface area (Å²) in [6, 6.07) is 21.1. The molecule has 120 valence electrons. The predicted octanol–water partition coefficient (Wildman–Crippen LogP) is 2.81. The van der Waals surface area contributed by atoms with Gasteiger partial charge in [0.25, 0.3) is 10.0 Å². The summed E-state index contributed by atoms with van der Waals surface area (Å²) in [5, 5.41) is 4.16. The van der Waals surface area contributed by atoms with Crippen molar-refractivity contribution in [3.05, 3.63) is 96.3 Å². The Hall–Kier alpha value is -2.99. The molecule has 1 heterocycles. The molecule has 0 saturated heterocycles. The van der Waals surface area contributed by atoms with Gasteiger partial charge in [0.05, 0.1) is 10.6 Å². The maximum absolute atomic E-state index is 12.4. The highest BCUT2D eigenvalue weighted by Crippen LogP contribution is 2.12. The van der Waals surface area contributed by atoms with E-state index in [2.05, 4.69) is 14.9 Å². The van der Waals surface area contributed by atoms with E-state index >= 15 is 0 Å². The summed E-state index contributed by atoms with van der Waals surface area (Å²) in [5.41, 5.74) is 2.10. The van der Waals surface area contributed by atoms with Gasteiger partial charge in [-0.3, -0.25) is 4.98 Å². The van der Waals surface area contributed by atoms with E-state index in [1.807, 2.05) is 30.3 Å². The molecule has 0 unspecified atom stereocenters. The van der Waals surface area contributed by atoms with E-state index in [9.17, 15) is 8.42 Å². The molecule has 0 radical (unpaired) electrons. The van der Waals surface area contributed by atoms with E-state index in [1.165, 1.54) is 12.1 Å². The Morgan fingerprint density at radius 2 is 1.33 bits per heavy atom. The maximum Gasteiger partial charge on any atom is 0.276 e. The number of benzene rings is 2. The Balaban J connectivity index is 1.99. The van der Waals surface area contributed by atoms with Gasteiger partial charge in [-0.05, 0) is 24.3 Å². The molecule has 0 amide bonds. The summed E-state index contributed by atoms with van der Waals surface area (Å²) in [4.78, 5) is 6.46. The first-order valence-corrected chi connectivity index (χ1v) is 8.75. The summed E-state index contributed by atoms with van der Waals surface area (Å²) < 4.78 is 24.7. The average molecular weight is 337 g/mol. The Bertz CT molecular complexity index is 884. The minimum absolute atomic E-state index is 0.163. The van der Waals surface area contributed by atoms with Crippen molar-refractivity contribution in [2.45, 2.75) is 4.90 Å². The second-order valence-corrected chi connectivity index (χ2v) is 6.63. The van der Waals surface area contributed by atoms with Gasteiger partial charge in [0.1, 0.15) is 0 Å². The third-order valence-corrected chi connectivity index (χ3v) is 4.56. The number of hydrazone groups is 1. The first kappa shape index (κ1) is 15.9. The SMILES string of the molecule is O=S(=O)(N/N=C(\c1ccccc1)c1ccncc1)c1ccccc1. The molecule has 24 heavy (non-hydrogen) atoms. The van der Waals surface area contributed by atoms with Crippen molar-refractivity contribution in [2.24, 2.45) is 5.10 Å². The first-order chi connectivity index (χ1) is 11.7. The van der Waals surface area contributed by atoms with Crippen LogP contribution in [0.15, 0.2) is 95.2 Å². The molecule has 1 aromatic heterocycles. The van der Waals surface area contributed by atoms with E-state index in [0.717, 1.165) is 11.1 Å². The van der Waals surface area contributed by atoms with Crippen molar-refractivity contribution in [3.8, 4) is 0 Å². The molecule has 0 aliphatic rings. The fourth-order valence-corrected chi connectivity index (χ4v) is 2.99. The van der Waals surface area contributed by atoms with Crippen LogP contribution >= 0.6 is 0 Å². The van der Waals surface area contributed by atoms with Gasteiger partial charge >= 0.3 is 0 Å². The second-order valence-electron chi connectivity index (χ2n) is 4.97. The zero-order valence-corrected chi connectivity index (χ0v) is 13.5. The third kappa shape index (κ3) is 3.67. The fourth-order valence-electron chi connectivity index (χ4n) is 2.16. The van der Waals surface area contributed by atoms with Crippen LogP contribution < -0.4 is 4.83 Å². The van der Waals surface area contributed by atoms with Crippen LogP contribution in [0.5, 0.6) is 0 Å². The maximum atomic E-state index is 12.4. The van der Waals surface area contributed by atoms with Gasteiger partial charge in [0.2, 0.25) is 0 Å². The number of aromatic nitrogens is 1. The highest BCUT2D eigenvalue weighted by atomic mass is 32.2. The molecule has 0 saturated carbocycles. The van der Waals surface area contributed by atoms with Gasteiger partial charge in [0.15, 0.2) is 0 Å². The Kier molecular flexibility index (Phi) is 4.67. The number of nitrogens with one attached hydrogen (secondary N) is 1. The molecule has 0 atom stereocenters. The van der Waals surface area contributed by atoms with Crippen LogP contribution in [0.1, 0.15) is 11.1 Å². The van der Waals surface area contributed by atoms with Crippen LogP contribution in [0.3, 0.4) is 0 Å². The summed E-state index contributed by atoms with van der Waals surface area (Å²) in [5.74, 6) is 0. The average Bonchev–Trinajstić information content (AvgIpc) is 2.64. The third-order valence-electron chi connectivity index (χ3n) is 3.33. The fraction of sp³-hybridized carbons (Fsp3) is 0. The zero-order valence-electron chi connectivity index (χ0n) is 12.7. The van der Waals surface area contributed by atoms with E-state index in [0.29, 0.717) is 5.71 Å². The van der Waals surface area contributed by atoms with Crippen molar-refractivity contribution >= 4 is 15.7 Å². The predicted molar refractivity (Wildman–Crippen MR) is 93.1 cm³/mol. The first-order valence-electron chi connectivity index (χ1n) is 7.27. The highest BCUT2D eigenvalue weighted by Gasteiger charge is 2.14. The summed E-state index contributed by atoms with van der Waals surface area (Å²) in [6.07, 6.45) is 3.28. The Labute approximate surface area is 140 Å². The van der Waals surface area contributed by atoms with Gasteiger partial charge in [-0.2, -0.15) is 18.4 Å². The van der Waals surface area contributed by atoms with Gasteiger partial charge < -0.3 is 0 Å². The number of hydrogen-bond acceptors (Lipinski definition) is 4. The van der Waals surface area contributed by atoms with Crippen LogP contribution in [0, 0.1) is 0 Å². The second kappa shape index (κ2) is 7.06. The van der Waals surface area contributed by atoms with Crippen molar-refractivity contribution in [3.63, 3.8) is 0 Å². The monoisotopic (exact) mass is 337 g/mol.